The molecule has 0 amide bonds. The highest BCUT2D eigenvalue weighted by molar-refractivity contribution is 7.89. The van der Waals surface area contributed by atoms with Crippen molar-refractivity contribution in [3.63, 3.8) is 0 Å². The van der Waals surface area contributed by atoms with Gasteiger partial charge >= 0.3 is 0 Å². The molecule has 0 aromatic heterocycles. The number of nitrogens with zero attached hydrogens (tertiary/aromatic N) is 1. The number of benzene rings is 1. The van der Waals surface area contributed by atoms with E-state index in [1.807, 2.05) is 12.1 Å². The van der Waals surface area contributed by atoms with Gasteiger partial charge in [-0.25, -0.2) is 13.1 Å². The second kappa shape index (κ2) is 6.56. The lowest BCUT2D eigenvalue weighted by atomic mass is 9.91. The van der Waals surface area contributed by atoms with E-state index in [-0.39, 0.29) is 0 Å². The fourth-order valence-electron chi connectivity index (χ4n) is 2.49. The van der Waals surface area contributed by atoms with Crippen LogP contribution in [0.1, 0.15) is 25.7 Å². The van der Waals surface area contributed by atoms with Gasteiger partial charge in [0.15, 0.2) is 0 Å². The van der Waals surface area contributed by atoms with Gasteiger partial charge in [0.25, 0.3) is 0 Å². The molecule has 1 saturated carbocycles. The lowest BCUT2D eigenvalue weighted by Gasteiger charge is -2.40. The van der Waals surface area contributed by atoms with E-state index < -0.39 is 10.0 Å². The zero-order valence-electron chi connectivity index (χ0n) is 11.9. The second-order valence-corrected chi connectivity index (χ2v) is 6.95. The van der Waals surface area contributed by atoms with Crippen LogP contribution in [0.25, 0.3) is 0 Å². The van der Waals surface area contributed by atoms with Crippen molar-refractivity contribution in [2.75, 3.05) is 25.0 Å². The van der Waals surface area contributed by atoms with E-state index in [1.54, 1.807) is 12.1 Å². The molecule has 1 fully saturated rings. The minimum Gasteiger partial charge on any atom is -0.367 e. The van der Waals surface area contributed by atoms with Crippen molar-refractivity contribution >= 4 is 15.7 Å². The molecule has 3 N–H and O–H groups in total. The van der Waals surface area contributed by atoms with Gasteiger partial charge in [0.1, 0.15) is 4.90 Å². The van der Waals surface area contributed by atoms with Crippen LogP contribution in [-0.2, 0) is 10.0 Å². The minimum atomic E-state index is -3.44. The van der Waals surface area contributed by atoms with Crippen molar-refractivity contribution in [3.05, 3.63) is 24.3 Å². The lowest BCUT2D eigenvalue weighted by Crippen LogP contribution is -2.42. The topological polar surface area (TPSA) is 75.4 Å². The Kier molecular flexibility index (Phi) is 5.01. The van der Waals surface area contributed by atoms with Crippen molar-refractivity contribution in [1.82, 2.24) is 4.72 Å². The maximum absolute atomic E-state index is 12.2. The smallest absolute Gasteiger partial charge is 0.242 e. The summed E-state index contributed by atoms with van der Waals surface area (Å²) in [6, 6.07) is 7.64. The normalized spacial score (nSPS) is 15.9. The molecule has 1 aromatic carbocycles. The van der Waals surface area contributed by atoms with Gasteiger partial charge in [0.2, 0.25) is 10.0 Å². The number of anilines is 1. The maximum atomic E-state index is 12.2. The summed E-state index contributed by atoms with van der Waals surface area (Å²) in [5.41, 5.74) is 6.40. The van der Waals surface area contributed by atoms with Gasteiger partial charge in [0.05, 0.1) is 5.69 Å². The highest BCUT2D eigenvalue weighted by atomic mass is 32.2. The molecule has 1 aromatic rings. The largest absolute Gasteiger partial charge is 0.367 e. The third kappa shape index (κ3) is 3.13. The fraction of sp³-hybridized carbons (Fsp3) is 0.571. The van der Waals surface area contributed by atoms with Gasteiger partial charge in [-0.2, -0.15) is 0 Å². The molecule has 5 nitrogen and oxygen atoms in total. The summed E-state index contributed by atoms with van der Waals surface area (Å²) in [5, 5.41) is 0. The number of hydrogen-bond acceptors (Lipinski definition) is 4. The van der Waals surface area contributed by atoms with Crippen LogP contribution in [0.2, 0.25) is 0 Å². The van der Waals surface area contributed by atoms with E-state index in [4.69, 9.17) is 5.73 Å². The molecule has 0 atom stereocenters. The van der Waals surface area contributed by atoms with E-state index in [9.17, 15) is 8.42 Å². The Bertz CT molecular complexity index is 541. The average molecular weight is 297 g/mol. The Morgan fingerprint density at radius 2 is 2.05 bits per heavy atom. The van der Waals surface area contributed by atoms with Crippen LogP contribution >= 0.6 is 0 Å². The molecule has 1 aliphatic rings. The predicted octanol–water partition coefficient (Wildman–Crippen LogP) is 1.30. The number of rotatable bonds is 7. The molecule has 112 valence electrons. The highest BCUT2D eigenvalue weighted by Gasteiger charge is 2.28. The van der Waals surface area contributed by atoms with Gasteiger partial charge in [-0.15, -0.1) is 0 Å². The van der Waals surface area contributed by atoms with Gasteiger partial charge in [-0.3, -0.25) is 0 Å². The van der Waals surface area contributed by atoms with E-state index in [0.29, 0.717) is 17.5 Å². The number of nitrogens with two attached hydrogens (primary N) is 1. The monoisotopic (exact) mass is 297 g/mol. The second-order valence-electron chi connectivity index (χ2n) is 5.10. The van der Waals surface area contributed by atoms with Crippen LogP contribution in [0.15, 0.2) is 29.2 Å². The first-order chi connectivity index (χ1) is 9.60. The van der Waals surface area contributed by atoms with E-state index in [2.05, 4.69) is 9.62 Å². The van der Waals surface area contributed by atoms with Crippen molar-refractivity contribution < 1.29 is 8.42 Å². The Hall–Kier alpha value is -1.11. The zero-order valence-corrected chi connectivity index (χ0v) is 12.7. The van der Waals surface area contributed by atoms with Crippen molar-refractivity contribution in [2.24, 2.45) is 5.73 Å². The van der Waals surface area contributed by atoms with Crippen molar-refractivity contribution in [1.29, 1.82) is 0 Å². The first-order valence-corrected chi connectivity index (χ1v) is 8.57. The Morgan fingerprint density at radius 1 is 1.35 bits per heavy atom. The summed E-state index contributed by atoms with van der Waals surface area (Å²) in [6.45, 7) is 1.42. The molecular formula is C14H23N3O2S. The number of para-hydroxylation sites is 1. The summed E-state index contributed by atoms with van der Waals surface area (Å²) < 4.78 is 26.7. The quantitative estimate of drug-likeness (QED) is 0.795. The Labute approximate surface area is 121 Å². The molecule has 20 heavy (non-hydrogen) atoms. The summed E-state index contributed by atoms with van der Waals surface area (Å²) in [4.78, 5) is 2.56. The van der Waals surface area contributed by atoms with Gasteiger partial charge in [-0.05, 0) is 51.4 Å². The van der Waals surface area contributed by atoms with E-state index in [0.717, 1.165) is 31.5 Å². The van der Waals surface area contributed by atoms with Gasteiger partial charge in [-0.1, -0.05) is 12.1 Å². The van der Waals surface area contributed by atoms with Gasteiger partial charge in [0, 0.05) is 12.6 Å². The lowest BCUT2D eigenvalue weighted by molar-refractivity contribution is 0.383. The molecule has 6 heteroatoms. The molecule has 0 saturated heterocycles. The fourth-order valence-corrected chi connectivity index (χ4v) is 3.43. The molecular weight excluding hydrogens is 274 g/mol. The zero-order chi connectivity index (χ0) is 14.6. The summed E-state index contributed by atoms with van der Waals surface area (Å²) >= 11 is 0. The van der Waals surface area contributed by atoms with Crippen LogP contribution in [0.4, 0.5) is 5.69 Å². The molecule has 0 radical (unpaired) electrons. The van der Waals surface area contributed by atoms with E-state index in [1.165, 1.54) is 13.5 Å². The maximum Gasteiger partial charge on any atom is 0.242 e. The molecule has 2 rings (SSSR count). The minimum absolute atomic E-state index is 0.353. The molecule has 0 aliphatic heterocycles. The van der Waals surface area contributed by atoms with Crippen molar-refractivity contribution in [3.8, 4) is 0 Å². The van der Waals surface area contributed by atoms with E-state index >= 15 is 0 Å². The SMILES string of the molecule is CNS(=O)(=O)c1ccccc1N(CCCN)C1CCC1. The third-order valence-corrected chi connectivity index (χ3v) is 5.31. The van der Waals surface area contributed by atoms with Crippen LogP contribution in [0.3, 0.4) is 0 Å². The van der Waals surface area contributed by atoms with Crippen LogP contribution in [0, 0.1) is 0 Å². The average Bonchev–Trinajstić information content (AvgIpc) is 2.41. The highest BCUT2D eigenvalue weighted by Crippen LogP contribution is 2.33. The van der Waals surface area contributed by atoms with Crippen molar-refractivity contribution in [2.45, 2.75) is 36.6 Å². The summed E-state index contributed by atoms with van der Waals surface area (Å²) in [6.07, 6.45) is 4.33. The Balaban J connectivity index is 2.37. The number of nitrogens with one attached hydrogen (secondary N) is 1. The molecule has 1 aliphatic carbocycles. The number of hydrogen-bond donors (Lipinski definition) is 2. The third-order valence-electron chi connectivity index (χ3n) is 3.85. The van der Waals surface area contributed by atoms with Crippen LogP contribution < -0.4 is 15.4 Å². The van der Waals surface area contributed by atoms with Gasteiger partial charge < -0.3 is 10.6 Å². The predicted molar refractivity (Wildman–Crippen MR) is 81.3 cm³/mol. The molecule has 0 unspecified atom stereocenters. The summed E-state index contributed by atoms with van der Waals surface area (Å²) in [7, 11) is -2.00. The molecule has 0 heterocycles. The molecule has 0 spiro atoms. The standard InChI is InChI=1S/C14H23N3O2S/c1-16-20(18,19)14-9-3-2-8-13(14)17(11-5-10-15)12-6-4-7-12/h2-3,8-9,12,16H,4-7,10-11,15H2,1H3. The molecule has 0 bridgehead atoms. The number of sulfonamides is 1. The first-order valence-electron chi connectivity index (χ1n) is 7.09. The summed E-state index contributed by atoms with van der Waals surface area (Å²) in [5.74, 6) is 0. The Morgan fingerprint density at radius 3 is 2.60 bits per heavy atom. The van der Waals surface area contributed by atoms with Crippen LogP contribution in [-0.4, -0.2) is 34.6 Å². The first kappa shape index (κ1) is 15.3. The van der Waals surface area contributed by atoms with Crippen LogP contribution in [0.5, 0.6) is 0 Å².